The van der Waals surface area contributed by atoms with Crippen LogP contribution in [-0.4, -0.2) is 33.2 Å². The molecule has 0 fully saturated rings. The summed E-state index contributed by atoms with van der Waals surface area (Å²) in [6.45, 7) is 5.33. The van der Waals surface area contributed by atoms with Crippen LogP contribution < -0.4 is 14.4 Å². The standard InChI is InChI=1S/C20H26N2O4S/c1-15(2)26-19-12-8-11-18(13-19)22(27(4,24)25)14-20(23)21-16(3)17-9-6-5-7-10-17/h5-13,15-16H,14H2,1-4H3,(H,21,23)/t16-/m0/s1. The molecule has 0 aromatic heterocycles. The second-order valence-electron chi connectivity index (χ2n) is 6.63. The van der Waals surface area contributed by atoms with E-state index in [9.17, 15) is 13.2 Å². The second kappa shape index (κ2) is 8.90. The fourth-order valence-corrected chi connectivity index (χ4v) is 3.48. The summed E-state index contributed by atoms with van der Waals surface area (Å²) in [5.41, 5.74) is 1.34. The molecule has 1 atom stereocenters. The van der Waals surface area contributed by atoms with E-state index in [1.54, 1.807) is 24.3 Å². The van der Waals surface area contributed by atoms with Gasteiger partial charge in [-0.2, -0.15) is 0 Å². The second-order valence-corrected chi connectivity index (χ2v) is 8.54. The number of rotatable bonds is 8. The minimum Gasteiger partial charge on any atom is -0.491 e. The van der Waals surface area contributed by atoms with Crippen molar-refractivity contribution in [2.24, 2.45) is 0 Å². The van der Waals surface area contributed by atoms with Gasteiger partial charge in [0, 0.05) is 6.07 Å². The summed E-state index contributed by atoms with van der Waals surface area (Å²) in [6.07, 6.45) is 1.04. The van der Waals surface area contributed by atoms with Gasteiger partial charge >= 0.3 is 0 Å². The van der Waals surface area contributed by atoms with Gasteiger partial charge in [0.2, 0.25) is 15.9 Å². The lowest BCUT2D eigenvalue weighted by molar-refractivity contribution is -0.120. The van der Waals surface area contributed by atoms with Gasteiger partial charge in [-0.15, -0.1) is 0 Å². The highest BCUT2D eigenvalue weighted by Crippen LogP contribution is 2.24. The third-order valence-corrected chi connectivity index (χ3v) is 4.98. The molecule has 0 spiro atoms. The van der Waals surface area contributed by atoms with E-state index in [0.29, 0.717) is 11.4 Å². The molecule has 2 rings (SSSR count). The Morgan fingerprint density at radius 3 is 2.33 bits per heavy atom. The first kappa shape index (κ1) is 20.8. The molecular weight excluding hydrogens is 364 g/mol. The summed E-state index contributed by atoms with van der Waals surface area (Å²) in [4.78, 5) is 12.5. The van der Waals surface area contributed by atoms with Gasteiger partial charge in [0.05, 0.1) is 24.1 Å². The number of benzene rings is 2. The molecule has 6 nitrogen and oxygen atoms in total. The van der Waals surface area contributed by atoms with Crippen molar-refractivity contribution in [2.75, 3.05) is 17.1 Å². The molecule has 0 radical (unpaired) electrons. The first-order valence-electron chi connectivity index (χ1n) is 8.75. The minimum absolute atomic E-state index is 0.0399. The molecule has 0 aliphatic heterocycles. The van der Waals surface area contributed by atoms with E-state index in [1.165, 1.54) is 0 Å². The van der Waals surface area contributed by atoms with E-state index >= 15 is 0 Å². The molecule has 146 valence electrons. The molecule has 0 aliphatic carbocycles. The van der Waals surface area contributed by atoms with Crippen molar-refractivity contribution in [1.82, 2.24) is 5.32 Å². The molecule has 0 aliphatic rings. The summed E-state index contributed by atoms with van der Waals surface area (Å²) in [6, 6.07) is 16.0. The lowest BCUT2D eigenvalue weighted by Gasteiger charge is -2.24. The number of sulfonamides is 1. The van der Waals surface area contributed by atoms with Gasteiger partial charge in [-0.1, -0.05) is 36.4 Å². The Labute approximate surface area is 161 Å². The van der Waals surface area contributed by atoms with Crippen LogP contribution in [0.15, 0.2) is 54.6 Å². The van der Waals surface area contributed by atoms with Gasteiger partial charge in [-0.05, 0) is 38.5 Å². The van der Waals surface area contributed by atoms with Crippen LogP contribution in [0.2, 0.25) is 0 Å². The number of carbonyl (C=O) groups excluding carboxylic acids is 1. The van der Waals surface area contributed by atoms with E-state index in [1.807, 2.05) is 51.1 Å². The molecule has 7 heteroatoms. The first-order valence-corrected chi connectivity index (χ1v) is 10.6. The van der Waals surface area contributed by atoms with E-state index in [0.717, 1.165) is 16.1 Å². The van der Waals surface area contributed by atoms with Crippen LogP contribution in [0.25, 0.3) is 0 Å². The minimum atomic E-state index is -3.64. The number of carbonyl (C=O) groups is 1. The van der Waals surface area contributed by atoms with Gasteiger partial charge in [-0.25, -0.2) is 8.42 Å². The number of amides is 1. The quantitative estimate of drug-likeness (QED) is 0.751. The number of anilines is 1. The highest BCUT2D eigenvalue weighted by atomic mass is 32.2. The maximum absolute atomic E-state index is 12.5. The molecular formula is C20H26N2O4S. The molecule has 2 aromatic carbocycles. The smallest absolute Gasteiger partial charge is 0.241 e. The van der Waals surface area contributed by atoms with Gasteiger partial charge in [0.1, 0.15) is 12.3 Å². The average Bonchev–Trinajstić information content (AvgIpc) is 2.59. The zero-order valence-electron chi connectivity index (χ0n) is 16.0. The van der Waals surface area contributed by atoms with Crippen molar-refractivity contribution < 1.29 is 17.9 Å². The van der Waals surface area contributed by atoms with Gasteiger partial charge < -0.3 is 10.1 Å². The molecule has 0 saturated heterocycles. The van der Waals surface area contributed by atoms with E-state index in [-0.39, 0.29) is 24.6 Å². The molecule has 1 N–H and O–H groups in total. The van der Waals surface area contributed by atoms with Gasteiger partial charge in [0.25, 0.3) is 0 Å². The summed E-state index contributed by atoms with van der Waals surface area (Å²) in [7, 11) is -3.64. The van der Waals surface area contributed by atoms with E-state index in [2.05, 4.69) is 5.32 Å². The Morgan fingerprint density at radius 2 is 1.74 bits per heavy atom. The van der Waals surface area contributed by atoms with Crippen molar-refractivity contribution >= 4 is 21.6 Å². The first-order chi connectivity index (χ1) is 12.7. The lowest BCUT2D eigenvalue weighted by atomic mass is 10.1. The Bertz CT molecular complexity index is 867. The Balaban J connectivity index is 2.17. The van der Waals surface area contributed by atoms with Gasteiger partial charge in [-0.3, -0.25) is 9.10 Å². The Kier molecular flexibility index (Phi) is 6.85. The van der Waals surface area contributed by atoms with Crippen molar-refractivity contribution in [3.63, 3.8) is 0 Å². The van der Waals surface area contributed by atoms with Crippen molar-refractivity contribution in [3.8, 4) is 5.75 Å². The zero-order chi connectivity index (χ0) is 20.0. The normalized spacial score (nSPS) is 12.5. The third-order valence-electron chi connectivity index (χ3n) is 3.84. The van der Waals surface area contributed by atoms with Gasteiger partial charge in [0.15, 0.2) is 0 Å². The number of ether oxygens (including phenoxy) is 1. The summed E-state index contributed by atoms with van der Waals surface area (Å²) >= 11 is 0. The number of nitrogens with zero attached hydrogens (tertiary/aromatic N) is 1. The number of hydrogen-bond donors (Lipinski definition) is 1. The predicted octanol–water partition coefficient (Wildman–Crippen LogP) is 3.12. The van der Waals surface area contributed by atoms with Crippen molar-refractivity contribution in [2.45, 2.75) is 32.9 Å². The summed E-state index contributed by atoms with van der Waals surface area (Å²) in [5.74, 6) is 0.168. The number of nitrogens with one attached hydrogen (secondary N) is 1. The van der Waals surface area contributed by atoms with Crippen LogP contribution in [0.3, 0.4) is 0 Å². The number of hydrogen-bond acceptors (Lipinski definition) is 4. The van der Waals surface area contributed by atoms with Crippen LogP contribution in [-0.2, 0) is 14.8 Å². The van der Waals surface area contributed by atoms with Crippen LogP contribution >= 0.6 is 0 Å². The fraction of sp³-hybridized carbons (Fsp3) is 0.350. The van der Waals surface area contributed by atoms with Crippen LogP contribution in [0.5, 0.6) is 5.75 Å². The summed E-state index contributed by atoms with van der Waals surface area (Å²) < 4.78 is 31.2. The van der Waals surface area contributed by atoms with Crippen LogP contribution in [0, 0.1) is 0 Å². The van der Waals surface area contributed by atoms with E-state index in [4.69, 9.17) is 4.74 Å². The topological polar surface area (TPSA) is 75.7 Å². The molecule has 0 unspecified atom stereocenters. The molecule has 0 bridgehead atoms. The molecule has 2 aromatic rings. The maximum atomic E-state index is 12.5. The summed E-state index contributed by atoms with van der Waals surface area (Å²) in [5, 5.41) is 2.84. The Morgan fingerprint density at radius 1 is 1.07 bits per heavy atom. The molecule has 0 saturated carbocycles. The predicted molar refractivity (Wildman–Crippen MR) is 107 cm³/mol. The van der Waals surface area contributed by atoms with E-state index < -0.39 is 10.0 Å². The fourth-order valence-electron chi connectivity index (χ4n) is 2.63. The molecule has 1 amide bonds. The average molecular weight is 391 g/mol. The third kappa shape index (κ3) is 6.29. The van der Waals surface area contributed by atoms with Crippen molar-refractivity contribution in [3.05, 3.63) is 60.2 Å². The lowest BCUT2D eigenvalue weighted by Crippen LogP contribution is -2.41. The monoisotopic (exact) mass is 390 g/mol. The van der Waals surface area contributed by atoms with Crippen LogP contribution in [0.4, 0.5) is 5.69 Å². The Hall–Kier alpha value is -2.54. The van der Waals surface area contributed by atoms with Crippen LogP contribution in [0.1, 0.15) is 32.4 Å². The SMILES string of the molecule is CC(C)Oc1cccc(N(CC(=O)N[C@@H](C)c2ccccc2)S(C)(=O)=O)c1. The molecule has 27 heavy (non-hydrogen) atoms. The highest BCUT2D eigenvalue weighted by molar-refractivity contribution is 7.92. The maximum Gasteiger partial charge on any atom is 0.241 e. The molecule has 0 heterocycles. The zero-order valence-corrected chi connectivity index (χ0v) is 16.9. The van der Waals surface area contributed by atoms with Crippen molar-refractivity contribution in [1.29, 1.82) is 0 Å². The highest BCUT2D eigenvalue weighted by Gasteiger charge is 2.22. The largest absolute Gasteiger partial charge is 0.491 e.